The van der Waals surface area contributed by atoms with Crippen molar-refractivity contribution in [1.82, 2.24) is 24.8 Å². The predicted octanol–water partition coefficient (Wildman–Crippen LogP) is 2.02. The van der Waals surface area contributed by atoms with Gasteiger partial charge in [-0.25, -0.2) is 0 Å². The second-order valence-corrected chi connectivity index (χ2v) is 8.04. The van der Waals surface area contributed by atoms with E-state index in [0.717, 1.165) is 18.5 Å². The summed E-state index contributed by atoms with van der Waals surface area (Å²) in [5, 5.41) is 11.2. The van der Waals surface area contributed by atoms with Gasteiger partial charge in [0.05, 0.1) is 12.5 Å². The number of amides is 2. The summed E-state index contributed by atoms with van der Waals surface area (Å²) in [6.07, 6.45) is 5.64. The monoisotopic (exact) mass is 369 g/mol. The van der Waals surface area contributed by atoms with Crippen LogP contribution in [0.5, 0.6) is 0 Å². The van der Waals surface area contributed by atoms with E-state index in [1.54, 1.807) is 0 Å². The quantitative estimate of drug-likeness (QED) is 0.894. The summed E-state index contributed by atoms with van der Waals surface area (Å²) in [5.74, 6) is 1.58. The first kappa shape index (κ1) is 17.9. The van der Waals surface area contributed by atoms with E-state index >= 15 is 0 Å². The molecule has 7 nitrogen and oxygen atoms in total. The molecule has 1 aliphatic carbocycles. The highest BCUT2D eigenvalue weighted by atomic mass is 16.2. The number of hydrogen-bond acceptors (Lipinski definition) is 4. The number of likely N-dealkylation sites (tertiary alicyclic amines) is 1. The van der Waals surface area contributed by atoms with Crippen molar-refractivity contribution in [3.63, 3.8) is 0 Å². The summed E-state index contributed by atoms with van der Waals surface area (Å²) < 4.78 is 1.86. The molecular weight excluding hydrogens is 342 g/mol. The standard InChI is InChI=1S/C20H27N5O2/c1-13-6-5-7-16(14(13)2)25-12-15(10-19(25)26)20(27)21-11-18-23-22-17-8-3-4-9-24(17)18/h3-4,8-9,13-16H,5-7,10-12H2,1-2H3,(H,21,27). The minimum Gasteiger partial charge on any atom is -0.348 e. The van der Waals surface area contributed by atoms with Gasteiger partial charge in [-0.05, 0) is 30.4 Å². The average Bonchev–Trinajstić information content (AvgIpc) is 3.26. The first-order chi connectivity index (χ1) is 13.0. The van der Waals surface area contributed by atoms with Crippen LogP contribution in [0.4, 0.5) is 0 Å². The Hall–Kier alpha value is -2.44. The van der Waals surface area contributed by atoms with Crippen molar-refractivity contribution in [1.29, 1.82) is 0 Å². The first-order valence-corrected chi connectivity index (χ1v) is 9.90. The van der Waals surface area contributed by atoms with E-state index in [0.29, 0.717) is 37.2 Å². The Labute approximate surface area is 159 Å². The minimum atomic E-state index is -0.277. The molecule has 0 radical (unpaired) electrons. The Bertz CT molecular complexity index is 848. The maximum absolute atomic E-state index is 12.6. The first-order valence-electron chi connectivity index (χ1n) is 9.90. The van der Waals surface area contributed by atoms with E-state index in [-0.39, 0.29) is 23.8 Å². The fourth-order valence-electron chi connectivity index (χ4n) is 4.54. The summed E-state index contributed by atoms with van der Waals surface area (Å²) in [6, 6.07) is 5.96. The molecule has 27 heavy (non-hydrogen) atoms. The number of aromatic nitrogens is 3. The van der Waals surface area contributed by atoms with Crippen molar-refractivity contribution in [2.45, 2.75) is 52.1 Å². The van der Waals surface area contributed by atoms with Gasteiger partial charge in [-0.2, -0.15) is 0 Å². The van der Waals surface area contributed by atoms with E-state index in [9.17, 15) is 9.59 Å². The zero-order chi connectivity index (χ0) is 19.0. The Kier molecular flexibility index (Phi) is 4.85. The van der Waals surface area contributed by atoms with Crippen molar-refractivity contribution in [2.24, 2.45) is 17.8 Å². The number of nitrogens with zero attached hydrogens (tertiary/aromatic N) is 4. The molecule has 1 saturated heterocycles. The Morgan fingerprint density at radius 3 is 2.96 bits per heavy atom. The third kappa shape index (κ3) is 3.42. The van der Waals surface area contributed by atoms with Crippen LogP contribution in [-0.4, -0.2) is 43.9 Å². The highest BCUT2D eigenvalue weighted by Gasteiger charge is 2.41. The number of carbonyl (C=O) groups excluding carboxylic acids is 2. The molecule has 2 amide bonds. The fourth-order valence-corrected chi connectivity index (χ4v) is 4.54. The van der Waals surface area contributed by atoms with E-state index in [1.165, 1.54) is 6.42 Å². The molecule has 7 heteroatoms. The third-order valence-electron chi connectivity index (χ3n) is 6.40. The maximum Gasteiger partial charge on any atom is 0.225 e. The van der Waals surface area contributed by atoms with Crippen LogP contribution in [-0.2, 0) is 16.1 Å². The van der Waals surface area contributed by atoms with Crippen molar-refractivity contribution in [2.75, 3.05) is 6.54 Å². The van der Waals surface area contributed by atoms with Gasteiger partial charge >= 0.3 is 0 Å². The molecule has 0 bridgehead atoms. The average molecular weight is 369 g/mol. The normalized spacial score (nSPS) is 28.7. The summed E-state index contributed by atoms with van der Waals surface area (Å²) in [7, 11) is 0. The summed E-state index contributed by atoms with van der Waals surface area (Å²) >= 11 is 0. The van der Waals surface area contributed by atoms with E-state index in [2.05, 4.69) is 29.4 Å². The number of rotatable bonds is 4. The van der Waals surface area contributed by atoms with Crippen LogP contribution in [0.15, 0.2) is 24.4 Å². The van der Waals surface area contributed by atoms with Crippen LogP contribution in [0.25, 0.3) is 5.65 Å². The summed E-state index contributed by atoms with van der Waals surface area (Å²) in [4.78, 5) is 27.2. The summed E-state index contributed by atoms with van der Waals surface area (Å²) in [5.41, 5.74) is 0.754. The highest BCUT2D eigenvalue weighted by molar-refractivity contribution is 5.89. The molecule has 2 aliphatic rings. The van der Waals surface area contributed by atoms with Gasteiger partial charge in [0, 0.05) is 25.2 Å². The third-order valence-corrected chi connectivity index (χ3v) is 6.40. The van der Waals surface area contributed by atoms with Gasteiger partial charge in [-0.1, -0.05) is 32.8 Å². The molecule has 4 unspecified atom stereocenters. The smallest absolute Gasteiger partial charge is 0.225 e. The van der Waals surface area contributed by atoms with Crippen molar-refractivity contribution >= 4 is 17.5 Å². The van der Waals surface area contributed by atoms with Gasteiger partial charge in [0.25, 0.3) is 0 Å². The topological polar surface area (TPSA) is 79.6 Å². The Morgan fingerprint density at radius 1 is 1.26 bits per heavy atom. The molecular formula is C20H27N5O2. The zero-order valence-corrected chi connectivity index (χ0v) is 16.0. The lowest BCUT2D eigenvalue weighted by atomic mass is 9.77. The molecule has 1 saturated carbocycles. The molecule has 0 spiro atoms. The van der Waals surface area contributed by atoms with Gasteiger partial charge in [0.15, 0.2) is 11.5 Å². The van der Waals surface area contributed by atoms with Crippen molar-refractivity contribution in [3.05, 3.63) is 30.2 Å². The fraction of sp³-hybridized carbons (Fsp3) is 0.600. The van der Waals surface area contributed by atoms with E-state index in [1.807, 2.05) is 33.7 Å². The van der Waals surface area contributed by atoms with Gasteiger partial charge < -0.3 is 10.2 Å². The molecule has 1 N–H and O–H groups in total. The zero-order valence-electron chi connectivity index (χ0n) is 16.0. The Morgan fingerprint density at radius 2 is 2.11 bits per heavy atom. The molecule has 0 aromatic carbocycles. The van der Waals surface area contributed by atoms with Crippen LogP contribution >= 0.6 is 0 Å². The molecule has 2 fully saturated rings. The summed E-state index contributed by atoms with van der Waals surface area (Å²) in [6.45, 7) is 5.36. The lowest BCUT2D eigenvalue weighted by molar-refractivity contribution is -0.132. The Balaban J connectivity index is 1.38. The van der Waals surface area contributed by atoms with Gasteiger partial charge in [-0.15, -0.1) is 10.2 Å². The molecule has 3 heterocycles. The van der Waals surface area contributed by atoms with Crippen molar-refractivity contribution in [3.8, 4) is 0 Å². The van der Waals surface area contributed by atoms with Crippen LogP contribution in [0.3, 0.4) is 0 Å². The molecule has 2 aromatic rings. The predicted molar refractivity (Wildman–Crippen MR) is 101 cm³/mol. The SMILES string of the molecule is CC1CCCC(N2CC(C(=O)NCc3nnc4ccccn34)CC2=O)C1C. The van der Waals surface area contributed by atoms with Gasteiger partial charge in [0.1, 0.15) is 0 Å². The van der Waals surface area contributed by atoms with Crippen molar-refractivity contribution < 1.29 is 9.59 Å². The number of hydrogen-bond donors (Lipinski definition) is 1. The number of pyridine rings is 1. The lowest BCUT2D eigenvalue weighted by Gasteiger charge is -2.40. The van der Waals surface area contributed by atoms with Crippen LogP contribution in [0.1, 0.15) is 45.4 Å². The second-order valence-electron chi connectivity index (χ2n) is 8.04. The molecule has 2 aromatic heterocycles. The molecule has 4 rings (SSSR count). The number of nitrogens with one attached hydrogen (secondary N) is 1. The highest BCUT2D eigenvalue weighted by Crippen LogP contribution is 2.35. The number of carbonyl (C=O) groups is 2. The van der Waals surface area contributed by atoms with E-state index < -0.39 is 0 Å². The second kappa shape index (κ2) is 7.29. The minimum absolute atomic E-state index is 0.0740. The van der Waals surface area contributed by atoms with E-state index in [4.69, 9.17) is 0 Å². The van der Waals surface area contributed by atoms with Crippen LogP contribution in [0, 0.1) is 17.8 Å². The van der Waals surface area contributed by atoms with Crippen LogP contribution in [0.2, 0.25) is 0 Å². The lowest BCUT2D eigenvalue weighted by Crippen LogP contribution is -2.45. The number of fused-ring (bicyclic) bond motifs is 1. The largest absolute Gasteiger partial charge is 0.348 e. The van der Waals surface area contributed by atoms with Crippen LogP contribution < -0.4 is 5.32 Å². The van der Waals surface area contributed by atoms with Gasteiger partial charge in [-0.3, -0.25) is 14.0 Å². The molecule has 144 valence electrons. The molecule has 1 aliphatic heterocycles. The van der Waals surface area contributed by atoms with Gasteiger partial charge in [0.2, 0.25) is 11.8 Å². The maximum atomic E-state index is 12.6. The molecule has 4 atom stereocenters.